The highest BCUT2D eigenvalue weighted by molar-refractivity contribution is 6.12. The van der Waals surface area contributed by atoms with Crippen LogP contribution in [0, 0.1) is 6.92 Å². The van der Waals surface area contributed by atoms with Gasteiger partial charge in [0, 0.05) is 11.8 Å². The molecule has 0 saturated heterocycles. The number of fused-ring (bicyclic) bond motifs is 1. The van der Waals surface area contributed by atoms with Crippen molar-refractivity contribution in [3.63, 3.8) is 0 Å². The fraction of sp³-hybridized carbons (Fsp3) is 0.565. The van der Waals surface area contributed by atoms with Gasteiger partial charge < -0.3 is 5.32 Å². The van der Waals surface area contributed by atoms with E-state index in [2.05, 4.69) is 45.0 Å². The number of pyridine rings is 1. The number of carbonyl (C=O) groups excluding carboxylic acids is 1. The highest BCUT2D eigenvalue weighted by atomic mass is 16.1. The van der Waals surface area contributed by atoms with Gasteiger partial charge in [0.05, 0.1) is 34.4 Å². The Kier molecular flexibility index (Phi) is 5.16. The van der Waals surface area contributed by atoms with Crippen molar-refractivity contribution in [2.24, 2.45) is 0 Å². The third kappa shape index (κ3) is 3.61. The molecule has 0 bridgehead atoms. The highest BCUT2D eigenvalue weighted by Gasteiger charge is 2.26. The maximum absolute atomic E-state index is 13.5. The van der Waals surface area contributed by atoms with Crippen molar-refractivity contribution in [3.8, 4) is 0 Å². The van der Waals surface area contributed by atoms with Crippen LogP contribution in [0.2, 0.25) is 0 Å². The van der Waals surface area contributed by atoms with Gasteiger partial charge in [-0.2, -0.15) is 10.2 Å². The Morgan fingerprint density at radius 2 is 1.93 bits per heavy atom. The zero-order valence-corrected chi connectivity index (χ0v) is 18.9. The van der Waals surface area contributed by atoms with Crippen LogP contribution in [0.1, 0.15) is 94.0 Å². The van der Waals surface area contributed by atoms with Crippen LogP contribution in [-0.4, -0.2) is 30.5 Å². The minimum absolute atomic E-state index is 0.138. The minimum atomic E-state index is -0.232. The van der Waals surface area contributed by atoms with E-state index in [0.717, 1.165) is 41.1 Å². The molecule has 0 radical (unpaired) electrons. The van der Waals surface area contributed by atoms with E-state index in [1.54, 1.807) is 6.20 Å². The molecule has 1 aliphatic rings. The van der Waals surface area contributed by atoms with Crippen LogP contribution in [0.15, 0.2) is 18.3 Å². The Morgan fingerprint density at radius 1 is 1.23 bits per heavy atom. The first-order valence-corrected chi connectivity index (χ1v) is 10.9. The summed E-state index contributed by atoms with van der Waals surface area (Å²) in [5.41, 5.74) is 2.86. The number of nitrogens with one attached hydrogen (secondary N) is 1. The van der Waals surface area contributed by atoms with Crippen LogP contribution in [0.4, 0.5) is 5.82 Å². The third-order valence-electron chi connectivity index (χ3n) is 5.89. The van der Waals surface area contributed by atoms with Gasteiger partial charge in [-0.25, -0.2) is 14.3 Å². The lowest BCUT2D eigenvalue weighted by molar-refractivity contribution is 0.102. The molecule has 1 amide bonds. The van der Waals surface area contributed by atoms with Crippen molar-refractivity contribution in [2.45, 2.75) is 84.7 Å². The van der Waals surface area contributed by atoms with Crippen LogP contribution in [-0.2, 0) is 5.54 Å². The zero-order chi connectivity index (χ0) is 21.6. The molecular formula is C23H32N6O. The van der Waals surface area contributed by atoms with Crippen LogP contribution < -0.4 is 5.32 Å². The number of aryl methyl sites for hydroxylation is 1. The van der Waals surface area contributed by atoms with Crippen molar-refractivity contribution in [2.75, 3.05) is 5.32 Å². The molecule has 0 atom stereocenters. The van der Waals surface area contributed by atoms with Gasteiger partial charge >= 0.3 is 0 Å². The number of hydrogen-bond acceptors (Lipinski definition) is 4. The average Bonchev–Trinajstić information content (AvgIpc) is 3.40. The molecule has 7 heteroatoms. The maximum Gasteiger partial charge on any atom is 0.257 e. The van der Waals surface area contributed by atoms with Gasteiger partial charge in [0.25, 0.3) is 5.91 Å². The van der Waals surface area contributed by atoms with Gasteiger partial charge in [0.2, 0.25) is 0 Å². The van der Waals surface area contributed by atoms with E-state index in [-0.39, 0.29) is 17.4 Å². The standard InChI is InChI=1S/C23H32N6O/c1-14(2)18-13-17(20-15(3)27-29(21(20)25-18)23(4,5)6)22(30)26-19-11-12-24-28(19)16-9-7-8-10-16/h11-14,16H,7-10H2,1-6H3,(H,26,30). The van der Waals surface area contributed by atoms with Crippen LogP contribution in [0.25, 0.3) is 11.0 Å². The molecule has 160 valence electrons. The molecule has 0 spiro atoms. The maximum atomic E-state index is 13.5. The minimum Gasteiger partial charge on any atom is -0.307 e. The van der Waals surface area contributed by atoms with E-state index in [1.807, 2.05) is 28.4 Å². The highest BCUT2D eigenvalue weighted by Crippen LogP contribution is 2.32. The molecule has 0 aromatic carbocycles. The first-order chi connectivity index (χ1) is 14.2. The van der Waals surface area contributed by atoms with Gasteiger partial charge in [-0.05, 0) is 52.5 Å². The number of aromatic nitrogens is 5. The molecule has 3 aromatic heterocycles. The van der Waals surface area contributed by atoms with Crippen LogP contribution in [0.3, 0.4) is 0 Å². The number of nitrogens with zero attached hydrogens (tertiary/aromatic N) is 5. The molecule has 0 aliphatic heterocycles. The van der Waals surface area contributed by atoms with Crippen LogP contribution in [0.5, 0.6) is 0 Å². The predicted octanol–water partition coefficient (Wildman–Crippen LogP) is 5.18. The summed E-state index contributed by atoms with van der Waals surface area (Å²) in [6.07, 6.45) is 6.41. The summed E-state index contributed by atoms with van der Waals surface area (Å²) in [6, 6.07) is 4.16. The number of rotatable bonds is 4. The number of carbonyl (C=O) groups is 1. The summed E-state index contributed by atoms with van der Waals surface area (Å²) in [7, 11) is 0. The zero-order valence-electron chi connectivity index (χ0n) is 18.9. The molecule has 0 unspecified atom stereocenters. The Morgan fingerprint density at radius 3 is 2.57 bits per heavy atom. The smallest absolute Gasteiger partial charge is 0.257 e. The van der Waals surface area contributed by atoms with Crippen molar-refractivity contribution >= 4 is 22.8 Å². The number of hydrogen-bond donors (Lipinski definition) is 1. The monoisotopic (exact) mass is 408 g/mol. The topological polar surface area (TPSA) is 77.6 Å². The first-order valence-electron chi connectivity index (χ1n) is 10.9. The Labute approximate surface area is 177 Å². The fourth-order valence-corrected chi connectivity index (χ4v) is 4.29. The molecular weight excluding hydrogens is 376 g/mol. The third-order valence-corrected chi connectivity index (χ3v) is 5.89. The van der Waals surface area contributed by atoms with Crippen LogP contribution >= 0.6 is 0 Å². The Hall–Kier alpha value is -2.70. The fourth-order valence-electron chi connectivity index (χ4n) is 4.29. The van der Waals surface area contributed by atoms with Crippen molar-refractivity contribution < 1.29 is 4.79 Å². The lowest BCUT2D eigenvalue weighted by Gasteiger charge is -2.20. The quantitative estimate of drug-likeness (QED) is 0.645. The molecule has 1 aliphatic carbocycles. The van der Waals surface area contributed by atoms with Gasteiger partial charge in [-0.1, -0.05) is 26.7 Å². The lowest BCUT2D eigenvalue weighted by atomic mass is 10.0. The summed E-state index contributed by atoms with van der Waals surface area (Å²) >= 11 is 0. The van der Waals surface area contributed by atoms with Gasteiger partial charge in [0.15, 0.2) is 5.65 Å². The normalized spacial score (nSPS) is 15.4. The summed E-state index contributed by atoms with van der Waals surface area (Å²) < 4.78 is 3.90. The van der Waals surface area contributed by atoms with E-state index in [1.165, 1.54) is 12.8 Å². The van der Waals surface area contributed by atoms with Gasteiger partial charge in [-0.15, -0.1) is 0 Å². The Bertz CT molecular complexity index is 1080. The summed E-state index contributed by atoms with van der Waals surface area (Å²) in [5.74, 6) is 0.818. The molecule has 7 nitrogen and oxygen atoms in total. The molecule has 1 saturated carbocycles. The Balaban J connectivity index is 1.79. The molecule has 30 heavy (non-hydrogen) atoms. The van der Waals surface area contributed by atoms with E-state index in [0.29, 0.717) is 11.6 Å². The van der Waals surface area contributed by atoms with Crippen molar-refractivity contribution in [1.29, 1.82) is 0 Å². The van der Waals surface area contributed by atoms with Gasteiger partial charge in [-0.3, -0.25) is 4.79 Å². The SMILES string of the molecule is Cc1nn(C(C)(C)C)c2nc(C(C)C)cc(C(=O)Nc3ccnn3C3CCCC3)c12. The predicted molar refractivity (Wildman–Crippen MR) is 119 cm³/mol. The summed E-state index contributed by atoms with van der Waals surface area (Å²) in [5, 5.41) is 13.2. The van der Waals surface area contributed by atoms with Gasteiger partial charge in [0.1, 0.15) is 5.82 Å². The first kappa shape index (κ1) is 20.6. The second kappa shape index (κ2) is 7.52. The molecule has 4 rings (SSSR count). The van der Waals surface area contributed by atoms with E-state index >= 15 is 0 Å². The lowest BCUT2D eigenvalue weighted by Crippen LogP contribution is -2.24. The number of anilines is 1. The van der Waals surface area contributed by atoms with Crippen molar-refractivity contribution in [1.82, 2.24) is 24.5 Å². The molecule has 1 N–H and O–H groups in total. The molecule has 3 aromatic rings. The average molecular weight is 409 g/mol. The summed E-state index contributed by atoms with van der Waals surface area (Å²) in [4.78, 5) is 18.3. The second-order valence-corrected chi connectivity index (χ2v) is 9.67. The second-order valence-electron chi connectivity index (χ2n) is 9.67. The molecule has 3 heterocycles. The van der Waals surface area contributed by atoms with E-state index in [4.69, 9.17) is 10.1 Å². The largest absolute Gasteiger partial charge is 0.307 e. The summed E-state index contributed by atoms with van der Waals surface area (Å²) in [6.45, 7) is 12.4. The van der Waals surface area contributed by atoms with E-state index in [9.17, 15) is 4.79 Å². The van der Waals surface area contributed by atoms with E-state index < -0.39 is 0 Å². The van der Waals surface area contributed by atoms with Crippen molar-refractivity contribution in [3.05, 3.63) is 35.3 Å². The molecule has 1 fully saturated rings. The number of amides is 1.